The summed E-state index contributed by atoms with van der Waals surface area (Å²) in [5.41, 5.74) is 1.55. The third kappa shape index (κ3) is 3.91. The average Bonchev–Trinajstić information content (AvgIpc) is 3.16. The van der Waals surface area contributed by atoms with Crippen molar-refractivity contribution in [3.63, 3.8) is 0 Å². The molecule has 3 heterocycles. The Bertz CT molecular complexity index is 1200. The summed E-state index contributed by atoms with van der Waals surface area (Å²) >= 11 is 5.88. The maximum absolute atomic E-state index is 12.2. The Morgan fingerprint density at radius 2 is 1.93 bits per heavy atom. The van der Waals surface area contributed by atoms with Gasteiger partial charge in [-0.15, -0.1) is 5.10 Å². The van der Waals surface area contributed by atoms with Gasteiger partial charge in [-0.1, -0.05) is 47.1 Å². The molecule has 1 aromatic carbocycles. The minimum Gasteiger partial charge on any atom is -0.454 e. The number of carbonyl (C=O) groups excluding carboxylic acids is 1. The fourth-order valence-corrected chi connectivity index (χ4v) is 2.81. The number of rotatable bonds is 5. The zero-order chi connectivity index (χ0) is 19.5. The van der Waals surface area contributed by atoms with Gasteiger partial charge in [-0.3, -0.25) is 9.20 Å². The van der Waals surface area contributed by atoms with E-state index in [1.165, 1.54) is 22.9 Å². The first-order chi connectivity index (χ1) is 13.6. The molecule has 0 aliphatic carbocycles. The second kappa shape index (κ2) is 7.61. The number of fused-ring (bicyclic) bond motifs is 1. The third-order valence-electron chi connectivity index (χ3n) is 3.96. The van der Waals surface area contributed by atoms with Crippen LogP contribution in [0.4, 0.5) is 0 Å². The molecule has 0 N–H and O–H groups in total. The van der Waals surface area contributed by atoms with E-state index in [0.29, 0.717) is 22.9 Å². The van der Waals surface area contributed by atoms with Crippen LogP contribution in [0.5, 0.6) is 0 Å². The van der Waals surface area contributed by atoms with Crippen molar-refractivity contribution in [1.82, 2.24) is 24.4 Å². The van der Waals surface area contributed by atoms with Crippen LogP contribution in [0.3, 0.4) is 0 Å². The van der Waals surface area contributed by atoms with Gasteiger partial charge in [-0.25, -0.2) is 14.5 Å². The summed E-state index contributed by atoms with van der Waals surface area (Å²) in [5, 5.41) is 8.20. The van der Waals surface area contributed by atoms with Gasteiger partial charge in [0.05, 0.1) is 23.5 Å². The lowest BCUT2D eigenvalue weighted by molar-refractivity contribution is 0.0460. The van der Waals surface area contributed by atoms with Crippen LogP contribution in [-0.2, 0) is 17.9 Å². The molecular weight excluding hydrogens is 382 g/mol. The van der Waals surface area contributed by atoms with Crippen molar-refractivity contribution in [2.24, 2.45) is 0 Å². The molecule has 0 aliphatic heterocycles. The fraction of sp³-hybridized carbons (Fsp3) is 0.105. The largest absolute Gasteiger partial charge is 0.454 e. The van der Waals surface area contributed by atoms with E-state index in [1.54, 1.807) is 16.8 Å². The number of pyridine rings is 1. The highest BCUT2D eigenvalue weighted by atomic mass is 35.5. The monoisotopic (exact) mass is 395 g/mol. The Morgan fingerprint density at radius 3 is 2.75 bits per heavy atom. The first-order valence-electron chi connectivity index (χ1n) is 8.37. The lowest BCUT2D eigenvalue weighted by Gasteiger charge is -2.05. The van der Waals surface area contributed by atoms with E-state index in [9.17, 15) is 9.59 Å². The van der Waals surface area contributed by atoms with E-state index in [-0.39, 0.29) is 17.9 Å². The number of hydrogen-bond donors (Lipinski definition) is 0. The molecule has 0 saturated carbocycles. The molecule has 0 fully saturated rings. The van der Waals surface area contributed by atoms with Gasteiger partial charge in [0.15, 0.2) is 5.69 Å². The fourth-order valence-electron chi connectivity index (χ4n) is 2.65. The number of benzene rings is 1. The smallest absolute Gasteiger partial charge is 0.360 e. The second-order valence-electron chi connectivity index (χ2n) is 6.02. The molecule has 0 spiro atoms. The van der Waals surface area contributed by atoms with Gasteiger partial charge >= 0.3 is 5.97 Å². The summed E-state index contributed by atoms with van der Waals surface area (Å²) < 4.78 is 8.09. The van der Waals surface area contributed by atoms with Gasteiger partial charge in [0.1, 0.15) is 12.3 Å². The van der Waals surface area contributed by atoms with Crippen molar-refractivity contribution < 1.29 is 9.53 Å². The Kier molecular flexibility index (Phi) is 4.86. The van der Waals surface area contributed by atoms with Crippen molar-refractivity contribution in [3.05, 3.63) is 93.3 Å². The van der Waals surface area contributed by atoms with Gasteiger partial charge in [-0.05, 0) is 17.7 Å². The first-order valence-corrected chi connectivity index (χ1v) is 8.75. The zero-order valence-electron chi connectivity index (χ0n) is 14.5. The van der Waals surface area contributed by atoms with E-state index < -0.39 is 5.97 Å². The lowest BCUT2D eigenvalue weighted by atomic mass is 10.2. The summed E-state index contributed by atoms with van der Waals surface area (Å²) in [6.45, 7) is 0.339. The molecule has 0 amide bonds. The minimum absolute atomic E-state index is 0.0835. The quantitative estimate of drug-likeness (QED) is 0.482. The Balaban J connectivity index is 1.44. The minimum atomic E-state index is -0.641. The molecule has 9 heteroatoms. The first kappa shape index (κ1) is 17.9. The number of halogens is 1. The van der Waals surface area contributed by atoms with Crippen LogP contribution in [-0.4, -0.2) is 30.3 Å². The molecule has 8 nitrogen and oxygen atoms in total. The van der Waals surface area contributed by atoms with Crippen LogP contribution < -0.4 is 5.56 Å². The Morgan fingerprint density at radius 1 is 1.11 bits per heavy atom. The van der Waals surface area contributed by atoms with E-state index in [1.807, 2.05) is 30.3 Å². The van der Waals surface area contributed by atoms with Gasteiger partial charge in [0.25, 0.3) is 5.56 Å². The average molecular weight is 396 g/mol. The summed E-state index contributed by atoms with van der Waals surface area (Å²) in [6.07, 6.45) is 2.99. The molecule has 0 bridgehead atoms. The van der Waals surface area contributed by atoms with Gasteiger partial charge in [0.2, 0.25) is 0 Å². The number of carbonyl (C=O) groups is 1. The molecule has 0 atom stereocenters. The van der Waals surface area contributed by atoms with Gasteiger partial charge in [0, 0.05) is 12.3 Å². The van der Waals surface area contributed by atoms with E-state index in [4.69, 9.17) is 16.3 Å². The van der Waals surface area contributed by atoms with Crippen LogP contribution in [0.15, 0.2) is 65.7 Å². The van der Waals surface area contributed by atoms with Crippen molar-refractivity contribution in [3.8, 4) is 0 Å². The third-order valence-corrected chi connectivity index (χ3v) is 4.19. The molecule has 0 radical (unpaired) electrons. The van der Waals surface area contributed by atoms with Crippen molar-refractivity contribution in [2.45, 2.75) is 13.2 Å². The molecule has 0 saturated heterocycles. The van der Waals surface area contributed by atoms with Crippen LogP contribution in [0.1, 0.15) is 21.7 Å². The summed E-state index contributed by atoms with van der Waals surface area (Å²) in [7, 11) is 0. The molecule has 4 rings (SSSR count). The molecule has 0 aliphatic rings. The van der Waals surface area contributed by atoms with Crippen molar-refractivity contribution in [1.29, 1.82) is 0 Å². The maximum atomic E-state index is 12.2. The summed E-state index contributed by atoms with van der Waals surface area (Å²) in [6, 6.07) is 14.2. The lowest BCUT2D eigenvalue weighted by Crippen LogP contribution is -2.16. The van der Waals surface area contributed by atoms with Gasteiger partial charge in [-0.2, -0.15) is 0 Å². The Hall–Kier alpha value is -3.52. The maximum Gasteiger partial charge on any atom is 0.360 e. The predicted molar refractivity (Wildman–Crippen MR) is 101 cm³/mol. The van der Waals surface area contributed by atoms with E-state index in [2.05, 4.69) is 15.3 Å². The number of nitrogens with zero attached hydrogens (tertiary/aromatic N) is 5. The van der Waals surface area contributed by atoms with E-state index in [0.717, 1.165) is 5.56 Å². The molecule has 140 valence electrons. The summed E-state index contributed by atoms with van der Waals surface area (Å²) in [5.74, 6) is -0.641. The van der Waals surface area contributed by atoms with Crippen LogP contribution >= 0.6 is 11.6 Å². The zero-order valence-corrected chi connectivity index (χ0v) is 15.3. The number of hydrogen-bond acceptors (Lipinski definition) is 6. The normalized spacial score (nSPS) is 10.9. The number of aromatic nitrogens is 5. The predicted octanol–water partition coefficient (Wildman–Crippen LogP) is 2.34. The molecule has 4 aromatic rings. The van der Waals surface area contributed by atoms with Crippen molar-refractivity contribution in [2.75, 3.05) is 0 Å². The highest BCUT2D eigenvalue weighted by Crippen LogP contribution is 2.09. The highest BCUT2D eigenvalue weighted by Gasteiger charge is 2.14. The molecule has 0 unspecified atom stereocenters. The Labute approximate surface area is 164 Å². The summed E-state index contributed by atoms with van der Waals surface area (Å²) in [4.78, 5) is 28.6. The SMILES string of the molecule is O=C(OCc1cc(=O)n2cc(Cl)ccc2n1)c1cn(Cc2ccccc2)nn1. The van der Waals surface area contributed by atoms with Gasteiger partial charge < -0.3 is 4.74 Å². The molecule has 28 heavy (non-hydrogen) atoms. The molecule has 3 aromatic heterocycles. The standard InChI is InChI=1S/C19H14ClN5O3/c20-14-6-7-17-21-15(8-18(26)25(17)10-14)12-28-19(27)16-11-24(23-22-16)9-13-4-2-1-3-5-13/h1-8,10-11H,9,12H2. The second-order valence-corrected chi connectivity index (χ2v) is 6.46. The van der Waals surface area contributed by atoms with Crippen molar-refractivity contribution >= 4 is 23.2 Å². The number of esters is 1. The number of ether oxygens (including phenoxy) is 1. The topological polar surface area (TPSA) is 91.4 Å². The highest BCUT2D eigenvalue weighted by molar-refractivity contribution is 6.30. The van der Waals surface area contributed by atoms with Crippen LogP contribution in [0.25, 0.3) is 5.65 Å². The van der Waals surface area contributed by atoms with E-state index >= 15 is 0 Å². The van der Waals surface area contributed by atoms with Crippen LogP contribution in [0, 0.1) is 0 Å². The molecular formula is C19H14ClN5O3. The van der Waals surface area contributed by atoms with Crippen LogP contribution in [0.2, 0.25) is 5.02 Å².